The minimum Gasteiger partial charge on any atom is -0.494 e. The maximum absolute atomic E-state index is 13.8. The summed E-state index contributed by atoms with van der Waals surface area (Å²) in [7, 11) is 1.51. The molecule has 0 spiro atoms. The summed E-state index contributed by atoms with van der Waals surface area (Å²) in [4.78, 5) is 0. The smallest absolute Gasteiger partial charge is 0.165 e. The lowest BCUT2D eigenvalue weighted by Crippen LogP contribution is -2.58. The predicted molar refractivity (Wildman–Crippen MR) is 80.7 cm³/mol. The van der Waals surface area contributed by atoms with Gasteiger partial charge in [-0.1, -0.05) is 6.07 Å². The molecule has 4 aliphatic carbocycles. The number of rotatable bonds is 4. The van der Waals surface area contributed by atoms with Crippen LogP contribution < -0.4 is 10.1 Å². The molecule has 2 nitrogen and oxygen atoms in total. The molecule has 114 valence electrons. The van der Waals surface area contributed by atoms with E-state index in [-0.39, 0.29) is 5.82 Å². The number of hydrogen-bond donors (Lipinski definition) is 1. The second kappa shape index (κ2) is 4.98. The van der Waals surface area contributed by atoms with Crippen molar-refractivity contribution in [3.05, 3.63) is 29.6 Å². The lowest BCUT2D eigenvalue weighted by Gasteiger charge is -2.57. The Morgan fingerprint density at radius 2 is 1.76 bits per heavy atom. The van der Waals surface area contributed by atoms with Crippen molar-refractivity contribution in [2.24, 2.45) is 17.8 Å². The maximum atomic E-state index is 13.8. The molecule has 0 aliphatic heterocycles. The third-order valence-corrected chi connectivity index (χ3v) is 5.92. The Hall–Kier alpha value is -1.09. The first-order valence-corrected chi connectivity index (χ1v) is 8.23. The van der Waals surface area contributed by atoms with Crippen molar-refractivity contribution in [3.8, 4) is 5.75 Å². The van der Waals surface area contributed by atoms with Crippen molar-refractivity contribution in [1.29, 1.82) is 0 Å². The predicted octanol–water partition coefficient (Wildman–Crippen LogP) is 3.89. The Kier molecular flexibility index (Phi) is 3.21. The molecule has 0 atom stereocenters. The number of nitrogens with one attached hydrogen (secondary N) is 1. The van der Waals surface area contributed by atoms with Crippen LogP contribution in [0.25, 0.3) is 0 Å². The van der Waals surface area contributed by atoms with Crippen molar-refractivity contribution in [2.45, 2.75) is 50.6 Å². The Bertz CT molecular complexity index is 507. The molecule has 0 unspecified atom stereocenters. The van der Waals surface area contributed by atoms with E-state index in [1.807, 2.05) is 6.07 Å². The zero-order valence-electron chi connectivity index (χ0n) is 12.7. The number of hydrogen-bond acceptors (Lipinski definition) is 2. The van der Waals surface area contributed by atoms with E-state index in [9.17, 15) is 4.39 Å². The van der Waals surface area contributed by atoms with Gasteiger partial charge in [0, 0.05) is 12.1 Å². The fourth-order valence-corrected chi connectivity index (χ4v) is 5.44. The molecule has 5 rings (SSSR count). The van der Waals surface area contributed by atoms with Gasteiger partial charge in [0.1, 0.15) is 0 Å². The number of halogens is 1. The van der Waals surface area contributed by atoms with Gasteiger partial charge >= 0.3 is 0 Å². The summed E-state index contributed by atoms with van der Waals surface area (Å²) in [6.07, 6.45) is 8.36. The van der Waals surface area contributed by atoms with Crippen LogP contribution in [-0.2, 0) is 6.54 Å². The van der Waals surface area contributed by atoms with Crippen LogP contribution in [0.4, 0.5) is 4.39 Å². The summed E-state index contributed by atoms with van der Waals surface area (Å²) in [6.45, 7) is 0.771. The van der Waals surface area contributed by atoms with Gasteiger partial charge in [-0.05, 0) is 74.0 Å². The second-order valence-corrected chi connectivity index (χ2v) is 7.52. The molecule has 4 bridgehead atoms. The third-order valence-electron chi connectivity index (χ3n) is 5.92. The molecular weight excluding hydrogens is 265 g/mol. The summed E-state index contributed by atoms with van der Waals surface area (Å²) in [5, 5.41) is 3.80. The van der Waals surface area contributed by atoms with Gasteiger partial charge < -0.3 is 10.1 Å². The topological polar surface area (TPSA) is 21.3 Å². The quantitative estimate of drug-likeness (QED) is 0.908. The first-order chi connectivity index (χ1) is 10.2. The molecule has 0 heterocycles. The van der Waals surface area contributed by atoms with Crippen LogP contribution in [-0.4, -0.2) is 12.6 Å². The van der Waals surface area contributed by atoms with Crippen molar-refractivity contribution in [1.82, 2.24) is 5.32 Å². The lowest BCUT2D eigenvalue weighted by atomic mass is 9.53. The summed E-state index contributed by atoms with van der Waals surface area (Å²) in [5.41, 5.74) is 1.36. The Morgan fingerprint density at radius 1 is 1.14 bits per heavy atom. The molecule has 4 fully saturated rings. The number of benzene rings is 1. The fraction of sp³-hybridized carbons (Fsp3) is 0.667. The largest absolute Gasteiger partial charge is 0.494 e. The van der Waals surface area contributed by atoms with Crippen molar-refractivity contribution < 1.29 is 9.13 Å². The average molecular weight is 289 g/mol. The second-order valence-electron chi connectivity index (χ2n) is 7.52. The molecule has 1 aromatic rings. The monoisotopic (exact) mass is 289 g/mol. The highest BCUT2D eigenvalue weighted by molar-refractivity contribution is 5.29. The minimum absolute atomic E-state index is 0.262. The van der Waals surface area contributed by atoms with Gasteiger partial charge in [-0.2, -0.15) is 0 Å². The molecule has 0 amide bonds. The molecule has 0 saturated heterocycles. The first-order valence-electron chi connectivity index (χ1n) is 8.23. The first kappa shape index (κ1) is 13.6. The minimum atomic E-state index is -0.262. The van der Waals surface area contributed by atoms with E-state index in [4.69, 9.17) is 4.74 Å². The van der Waals surface area contributed by atoms with Crippen LogP contribution in [0.1, 0.15) is 44.1 Å². The molecule has 0 radical (unpaired) electrons. The molecule has 1 N–H and O–H groups in total. The molecule has 0 aromatic heterocycles. The van der Waals surface area contributed by atoms with E-state index in [0.717, 1.165) is 29.9 Å². The van der Waals surface area contributed by atoms with E-state index in [2.05, 4.69) is 5.32 Å². The van der Waals surface area contributed by atoms with Crippen molar-refractivity contribution in [2.75, 3.05) is 7.11 Å². The Balaban J connectivity index is 1.46. The summed E-state index contributed by atoms with van der Waals surface area (Å²) in [5.74, 6) is 2.89. The van der Waals surface area contributed by atoms with Gasteiger partial charge in [0.25, 0.3) is 0 Å². The highest BCUT2D eigenvalue weighted by atomic mass is 19.1. The summed E-state index contributed by atoms with van der Waals surface area (Å²) < 4.78 is 18.8. The van der Waals surface area contributed by atoms with Crippen LogP contribution >= 0.6 is 0 Å². The SMILES string of the molecule is COc1ccc(CNC23CC4CC(CC(C4)C2)C3)cc1F. The molecule has 3 heteroatoms. The lowest BCUT2D eigenvalue weighted by molar-refractivity contribution is -0.0206. The van der Waals surface area contributed by atoms with Gasteiger partial charge in [-0.15, -0.1) is 0 Å². The van der Waals surface area contributed by atoms with Crippen LogP contribution in [0, 0.1) is 23.6 Å². The fourth-order valence-electron chi connectivity index (χ4n) is 5.44. The van der Waals surface area contributed by atoms with Crippen molar-refractivity contribution >= 4 is 0 Å². The highest BCUT2D eigenvalue weighted by Gasteiger charge is 2.50. The van der Waals surface area contributed by atoms with Gasteiger partial charge in [-0.3, -0.25) is 0 Å². The number of methoxy groups -OCH3 is 1. The van der Waals surface area contributed by atoms with Crippen LogP contribution in [0.5, 0.6) is 5.75 Å². The third kappa shape index (κ3) is 2.46. The molecule has 4 aliphatic rings. The van der Waals surface area contributed by atoms with Crippen LogP contribution in [0.15, 0.2) is 18.2 Å². The van der Waals surface area contributed by atoms with Gasteiger partial charge in [0.05, 0.1) is 7.11 Å². The van der Waals surface area contributed by atoms with E-state index in [0.29, 0.717) is 11.3 Å². The van der Waals surface area contributed by atoms with E-state index in [1.54, 1.807) is 12.1 Å². The highest BCUT2D eigenvalue weighted by Crippen LogP contribution is 2.55. The van der Waals surface area contributed by atoms with E-state index in [1.165, 1.54) is 45.6 Å². The molecule has 1 aromatic carbocycles. The summed E-state index contributed by atoms with van der Waals surface area (Å²) in [6, 6.07) is 5.30. The molecule has 4 saturated carbocycles. The van der Waals surface area contributed by atoms with Gasteiger partial charge in [0.15, 0.2) is 11.6 Å². The maximum Gasteiger partial charge on any atom is 0.165 e. The Labute approximate surface area is 126 Å². The van der Waals surface area contributed by atoms with Crippen LogP contribution in [0.3, 0.4) is 0 Å². The standard InChI is InChI=1S/C18H24FNO/c1-21-17-3-2-12(7-16(17)19)11-20-18-8-13-4-14(9-18)6-15(5-13)10-18/h2-3,7,13-15,20H,4-6,8-11H2,1H3. The normalized spacial score (nSPS) is 37.0. The van der Waals surface area contributed by atoms with Gasteiger partial charge in [-0.25, -0.2) is 4.39 Å². The van der Waals surface area contributed by atoms with Gasteiger partial charge in [0.2, 0.25) is 0 Å². The zero-order valence-corrected chi connectivity index (χ0v) is 12.7. The Morgan fingerprint density at radius 3 is 2.29 bits per heavy atom. The average Bonchev–Trinajstić information content (AvgIpc) is 2.44. The summed E-state index contributed by atoms with van der Waals surface area (Å²) >= 11 is 0. The van der Waals surface area contributed by atoms with E-state index < -0.39 is 0 Å². The van der Waals surface area contributed by atoms with Crippen molar-refractivity contribution in [3.63, 3.8) is 0 Å². The molecular formula is C18H24FNO. The van der Waals surface area contributed by atoms with E-state index >= 15 is 0 Å². The number of ether oxygens (including phenoxy) is 1. The van der Waals surface area contributed by atoms with Crippen LogP contribution in [0.2, 0.25) is 0 Å². The molecule has 21 heavy (non-hydrogen) atoms. The zero-order chi connectivity index (χ0) is 14.4.